The molecule has 0 saturated carbocycles. The van der Waals surface area contributed by atoms with E-state index in [9.17, 15) is 10.1 Å². The Balaban J connectivity index is 2.23. The molecule has 1 heterocycles. The molecule has 0 spiro atoms. The summed E-state index contributed by atoms with van der Waals surface area (Å²) in [6, 6.07) is 7.48. The average Bonchev–Trinajstić information content (AvgIpc) is 2.86. The fourth-order valence-electron chi connectivity index (χ4n) is 1.54. The minimum Gasteiger partial charge on any atom is -0.455 e. The first-order chi connectivity index (χ1) is 9.97. The number of benzene rings is 1. The summed E-state index contributed by atoms with van der Waals surface area (Å²) in [4.78, 5) is 10.1. The van der Waals surface area contributed by atoms with E-state index in [1.807, 2.05) is 0 Å². The van der Waals surface area contributed by atoms with Crippen LogP contribution >= 0.6 is 23.8 Å². The Morgan fingerprint density at radius 1 is 1.48 bits per heavy atom. The quantitative estimate of drug-likeness (QED) is 0.387. The lowest BCUT2D eigenvalue weighted by Crippen LogP contribution is -2.23. The monoisotopic (exact) mass is 324 g/mol. The van der Waals surface area contributed by atoms with E-state index in [0.717, 1.165) is 0 Å². The van der Waals surface area contributed by atoms with Gasteiger partial charge < -0.3 is 10.2 Å². The third-order valence-corrected chi connectivity index (χ3v) is 2.83. The van der Waals surface area contributed by atoms with E-state index in [1.165, 1.54) is 24.4 Å². The van der Waals surface area contributed by atoms with Crippen LogP contribution in [0.3, 0.4) is 0 Å². The first kappa shape index (κ1) is 14.9. The van der Waals surface area contributed by atoms with E-state index >= 15 is 0 Å². The summed E-state index contributed by atoms with van der Waals surface area (Å²) in [6.45, 7) is 0. The van der Waals surface area contributed by atoms with Gasteiger partial charge >= 0.3 is 0 Å². The molecular formula is C12H9ClN4O3S. The van der Waals surface area contributed by atoms with Crippen molar-refractivity contribution in [3.05, 3.63) is 51.2 Å². The maximum Gasteiger partial charge on any atom is 0.270 e. The van der Waals surface area contributed by atoms with Gasteiger partial charge in [-0.3, -0.25) is 15.5 Å². The molecular weight excluding hydrogens is 316 g/mol. The molecule has 21 heavy (non-hydrogen) atoms. The van der Waals surface area contributed by atoms with Gasteiger partial charge in [0.25, 0.3) is 5.69 Å². The molecule has 2 rings (SSSR count). The van der Waals surface area contributed by atoms with Crippen molar-refractivity contribution in [1.29, 1.82) is 0 Å². The van der Waals surface area contributed by atoms with Crippen LogP contribution in [-0.2, 0) is 0 Å². The van der Waals surface area contributed by atoms with E-state index in [1.54, 1.807) is 12.1 Å². The molecule has 0 aliphatic rings. The molecule has 108 valence electrons. The fraction of sp³-hybridized carbons (Fsp3) is 0. The number of nitrogens with zero attached hydrogens (tertiary/aromatic N) is 2. The molecule has 7 nitrogen and oxygen atoms in total. The number of nitro groups is 1. The fourth-order valence-corrected chi connectivity index (χ4v) is 1.86. The smallest absolute Gasteiger partial charge is 0.270 e. The van der Waals surface area contributed by atoms with Gasteiger partial charge in [-0.15, -0.1) is 0 Å². The number of thiocarbonyl (C=S) groups is 1. The predicted molar refractivity (Wildman–Crippen MR) is 83.3 cm³/mol. The lowest BCUT2D eigenvalue weighted by molar-refractivity contribution is -0.384. The minimum absolute atomic E-state index is 0.0384. The molecule has 3 N–H and O–H groups in total. The zero-order valence-corrected chi connectivity index (χ0v) is 12.0. The molecule has 0 unspecified atom stereocenters. The molecule has 0 aliphatic carbocycles. The largest absolute Gasteiger partial charge is 0.455 e. The molecule has 1 aromatic carbocycles. The summed E-state index contributed by atoms with van der Waals surface area (Å²) >= 11 is 10.6. The van der Waals surface area contributed by atoms with Crippen LogP contribution in [0.2, 0.25) is 5.02 Å². The van der Waals surface area contributed by atoms with Gasteiger partial charge in [0.15, 0.2) is 5.11 Å². The lowest BCUT2D eigenvalue weighted by atomic mass is 10.1. The van der Waals surface area contributed by atoms with Crippen molar-refractivity contribution in [3.8, 4) is 11.3 Å². The van der Waals surface area contributed by atoms with Crippen molar-refractivity contribution < 1.29 is 9.34 Å². The van der Waals surface area contributed by atoms with E-state index in [0.29, 0.717) is 17.1 Å². The van der Waals surface area contributed by atoms with Gasteiger partial charge in [-0.1, -0.05) is 11.6 Å². The number of non-ortho nitro benzene ring substituents is 1. The third-order valence-electron chi connectivity index (χ3n) is 2.42. The van der Waals surface area contributed by atoms with Crippen molar-refractivity contribution >= 4 is 40.8 Å². The number of hydrogen-bond donors (Lipinski definition) is 2. The minimum atomic E-state index is -0.517. The van der Waals surface area contributed by atoms with Crippen molar-refractivity contribution in [2.75, 3.05) is 0 Å². The van der Waals surface area contributed by atoms with E-state index < -0.39 is 4.92 Å². The zero-order valence-electron chi connectivity index (χ0n) is 10.4. The molecule has 0 fully saturated rings. The third kappa shape index (κ3) is 3.77. The molecule has 0 radical (unpaired) electrons. The van der Waals surface area contributed by atoms with Gasteiger partial charge in [0.05, 0.1) is 16.2 Å². The van der Waals surface area contributed by atoms with Gasteiger partial charge in [-0.2, -0.15) is 5.10 Å². The number of nitrogens with two attached hydrogens (primary N) is 1. The molecule has 0 saturated heterocycles. The number of halogens is 1. The van der Waals surface area contributed by atoms with Crippen molar-refractivity contribution in [2.45, 2.75) is 0 Å². The highest BCUT2D eigenvalue weighted by molar-refractivity contribution is 7.80. The molecule has 1 aromatic heterocycles. The van der Waals surface area contributed by atoms with Gasteiger partial charge in [0, 0.05) is 17.7 Å². The highest BCUT2D eigenvalue weighted by atomic mass is 35.5. The Bertz CT molecular complexity index is 729. The highest BCUT2D eigenvalue weighted by Gasteiger charge is 2.13. The van der Waals surface area contributed by atoms with E-state index in [4.69, 9.17) is 21.8 Å². The summed E-state index contributed by atoms with van der Waals surface area (Å²) in [7, 11) is 0. The Labute approximate surface area is 129 Å². The number of hydrazone groups is 1. The molecule has 0 aliphatic heterocycles. The van der Waals surface area contributed by atoms with Crippen molar-refractivity contribution in [2.24, 2.45) is 10.8 Å². The molecule has 0 bridgehead atoms. The number of furan rings is 1. The number of nitrogens with one attached hydrogen (secondary N) is 1. The second-order valence-electron chi connectivity index (χ2n) is 3.86. The van der Waals surface area contributed by atoms with E-state index in [2.05, 4.69) is 22.7 Å². The standard InChI is InChI=1S/C12H9ClN4O3S/c13-10-5-7(17(18)19)1-3-9(10)11-4-2-8(20-11)6-15-16-12(14)21/h1-6H,(H3,14,16,21)/b15-6-. The summed E-state index contributed by atoms with van der Waals surface area (Å²) < 4.78 is 5.50. The SMILES string of the molecule is NC(=S)N/N=C\c1ccc(-c2ccc([N+](=O)[O-])cc2Cl)o1. The van der Waals surface area contributed by atoms with Crippen LogP contribution in [0.4, 0.5) is 5.69 Å². The summed E-state index contributed by atoms with van der Waals surface area (Å²) in [5.74, 6) is 0.912. The van der Waals surface area contributed by atoms with Gasteiger partial charge in [-0.25, -0.2) is 0 Å². The van der Waals surface area contributed by atoms with Gasteiger partial charge in [0.2, 0.25) is 0 Å². The van der Waals surface area contributed by atoms with Gasteiger partial charge in [0.1, 0.15) is 11.5 Å². The van der Waals surface area contributed by atoms with Crippen LogP contribution in [0.1, 0.15) is 5.76 Å². The van der Waals surface area contributed by atoms with Crippen molar-refractivity contribution in [1.82, 2.24) is 5.43 Å². The Hall–Kier alpha value is -2.45. The summed E-state index contributed by atoms with van der Waals surface area (Å²) in [5.41, 5.74) is 8.07. The van der Waals surface area contributed by atoms with Crippen LogP contribution < -0.4 is 11.2 Å². The van der Waals surface area contributed by atoms with Crippen LogP contribution in [-0.4, -0.2) is 16.3 Å². The Morgan fingerprint density at radius 2 is 2.24 bits per heavy atom. The first-order valence-corrected chi connectivity index (χ1v) is 6.38. The second-order valence-corrected chi connectivity index (χ2v) is 4.70. The van der Waals surface area contributed by atoms with Crippen LogP contribution in [0.5, 0.6) is 0 Å². The van der Waals surface area contributed by atoms with Crippen LogP contribution in [0, 0.1) is 10.1 Å². The topological polar surface area (TPSA) is 107 Å². The van der Waals surface area contributed by atoms with Crippen molar-refractivity contribution in [3.63, 3.8) is 0 Å². The van der Waals surface area contributed by atoms with E-state index in [-0.39, 0.29) is 15.8 Å². The Kier molecular flexibility index (Phi) is 4.51. The number of rotatable bonds is 4. The lowest BCUT2D eigenvalue weighted by Gasteiger charge is -2.00. The molecule has 9 heteroatoms. The zero-order chi connectivity index (χ0) is 15.4. The number of hydrogen-bond acceptors (Lipinski definition) is 5. The highest BCUT2D eigenvalue weighted by Crippen LogP contribution is 2.31. The predicted octanol–water partition coefficient (Wildman–Crippen LogP) is 2.68. The molecule has 0 amide bonds. The first-order valence-electron chi connectivity index (χ1n) is 5.60. The maximum atomic E-state index is 10.7. The van der Waals surface area contributed by atoms with Gasteiger partial charge in [-0.05, 0) is 30.4 Å². The average molecular weight is 325 g/mol. The Morgan fingerprint density at radius 3 is 2.86 bits per heavy atom. The second kappa shape index (κ2) is 6.33. The molecule has 2 aromatic rings. The van der Waals surface area contributed by atoms with Crippen LogP contribution in [0.15, 0.2) is 39.9 Å². The maximum absolute atomic E-state index is 10.7. The molecule has 0 atom stereocenters. The van der Waals surface area contributed by atoms with Crippen LogP contribution in [0.25, 0.3) is 11.3 Å². The number of nitro benzene ring substituents is 1. The summed E-state index contributed by atoms with van der Waals surface area (Å²) in [6.07, 6.45) is 1.39. The normalized spacial score (nSPS) is 10.7. The summed E-state index contributed by atoms with van der Waals surface area (Å²) in [5, 5.41) is 14.7.